The summed E-state index contributed by atoms with van der Waals surface area (Å²) in [5, 5.41) is 30.7. The number of carbonyl (C=O) groups excluding carboxylic acids is 1. The van der Waals surface area contributed by atoms with Crippen LogP contribution in [0.25, 0.3) is 0 Å². The lowest BCUT2D eigenvalue weighted by molar-refractivity contribution is -0.879. The molecule has 0 amide bonds. The molecule has 1 aromatic rings. The van der Waals surface area contributed by atoms with Gasteiger partial charge in [0.05, 0.1) is 26.6 Å². The standard InChI is InChI=1S/C13H16O3.C6H14NO.BrH/c14-12(15)13(16,11-8-4-5-9-11)10-6-2-1-3-7-10;1-7(2)4-3-6(8)5-7;/h1-3,6-7,11,16H,4-5,8-9H2,(H,14,15);6,8H,3-5H2,1-2H3;1H/q;+1;/p-2. The quantitative estimate of drug-likeness (QED) is 0.542. The van der Waals surface area contributed by atoms with Crippen molar-refractivity contribution in [2.75, 3.05) is 27.2 Å². The molecule has 2 fully saturated rings. The summed E-state index contributed by atoms with van der Waals surface area (Å²) in [6.07, 6.45) is 4.40. The zero-order valence-corrected chi connectivity index (χ0v) is 16.6. The second kappa shape index (κ2) is 9.12. The van der Waals surface area contributed by atoms with E-state index in [-0.39, 0.29) is 29.0 Å². The number of halogens is 1. The van der Waals surface area contributed by atoms with Crippen molar-refractivity contribution in [3.05, 3.63) is 35.9 Å². The van der Waals surface area contributed by atoms with Gasteiger partial charge < -0.3 is 41.6 Å². The number of carboxylic acid groups (broad SMARTS) is 1. The van der Waals surface area contributed by atoms with Gasteiger partial charge in [-0.3, -0.25) is 0 Å². The predicted molar refractivity (Wildman–Crippen MR) is 89.8 cm³/mol. The second-order valence-corrected chi connectivity index (χ2v) is 7.69. The average molecular weight is 415 g/mol. The van der Waals surface area contributed by atoms with Gasteiger partial charge in [0.2, 0.25) is 0 Å². The van der Waals surface area contributed by atoms with E-state index in [4.69, 9.17) is 5.11 Å². The minimum absolute atomic E-state index is 0. The van der Waals surface area contributed by atoms with Crippen LogP contribution in [0.5, 0.6) is 0 Å². The highest BCUT2D eigenvalue weighted by Crippen LogP contribution is 2.40. The van der Waals surface area contributed by atoms with Crippen LogP contribution in [0.1, 0.15) is 37.7 Å². The minimum Gasteiger partial charge on any atom is -1.00 e. The first-order valence-electron chi connectivity index (χ1n) is 8.75. The molecule has 1 aromatic carbocycles. The number of carbonyl (C=O) groups is 1. The Labute approximate surface area is 160 Å². The highest BCUT2D eigenvalue weighted by Gasteiger charge is 2.41. The lowest BCUT2D eigenvalue weighted by atomic mass is 9.80. The summed E-state index contributed by atoms with van der Waals surface area (Å²) in [5.41, 5.74) is -1.39. The topological polar surface area (TPSA) is 80.6 Å². The normalized spacial score (nSPS) is 24.6. The molecule has 1 saturated heterocycles. The molecule has 5 nitrogen and oxygen atoms in total. The van der Waals surface area contributed by atoms with Crippen LogP contribution in [-0.4, -0.2) is 54.0 Å². The van der Waals surface area contributed by atoms with E-state index in [1.165, 1.54) is 0 Å². The van der Waals surface area contributed by atoms with Crippen molar-refractivity contribution < 1.29 is 41.6 Å². The zero-order chi connectivity index (χ0) is 17.8. The van der Waals surface area contributed by atoms with E-state index in [1.54, 1.807) is 30.3 Å². The van der Waals surface area contributed by atoms with E-state index in [9.17, 15) is 15.0 Å². The predicted octanol–water partition coefficient (Wildman–Crippen LogP) is -2.35. The summed E-state index contributed by atoms with van der Waals surface area (Å²) in [4.78, 5) is 11.2. The number of nitrogens with zero attached hydrogens (tertiary/aromatic N) is 1. The first kappa shape index (κ1) is 22.1. The Morgan fingerprint density at radius 2 is 1.72 bits per heavy atom. The Morgan fingerprint density at radius 3 is 2.08 bits per heavy atom. The maximum Gasteiger partial charge on any atom is 0.132 e. The van der Waals surface area contributed by atoms with Gasteiger partial charge in [-0.25, -0.2) is 0 Å². The van der Waals surface area contributed by atoms with E-state index < -0.39 is 11.6 Å². The number of benzene rings is 1. The van der Waals surface area contributed by atoms with Crippen LogP contribution in [0.15, 0.2) is 30.3 Å². The summed E-state index contributed by atoms with van der Waals surface area (Å²) in [6, 6.07) is 8.56. The number of likely N-dealkylation sites (tertiary alicyclic amines) is 1. The molecule has 0 radical (unpaired) electrons. The van der Waals surface area contributed by atoms with Gasteiger partial charge in [-0.15, -0.1) is 0 Å². The Kier molecular flexibility index (Phi) is 8.06. The fourth-order valence-electron chi connectivity index (χ4n) is 3.81. The number of aliphatic hydroxyl groups is 2. The van der Waals surface area contributed by atoms with Gasteiger partial charge in [-0.05, 0) is 24.3 Å². The van der Waals surface area contributed by atoms with Gasteiger partial charge in [-0.1, -0.05) is 43.2 Å². The molecule has 1 aliphatic carbocycles. The third-order valence-electron chi connectivity index (χ3n) is 5.24. The largest absolute Gasteiger partial charge is 1.00 e. The van der Waals surface area contributed by atoms with E-state index in [1.807, 2.05) is 0 Å². The monoisotopic (exact) mass is 414 g/mol. The molecule has 3 rings (SSSR count). The highest BCUT2D eigenvalue weighted by atomic mass is 79.9. The number of hydrogen-bond donors (Lipinski definition) is 2. The molecule has 142 valence electrons. The van der Waals surface area contributed by atoms with Gasteiger partial charge in [0.15, 0.2) is 0 Å². The molecular formula is C19H29BrNO4-. The SMILES string of the molecule is C[N+]1(C)CCC(O)C1.O=C([O-])C(O)(c1ccccc1)C1CCCC1.[Br-]. The molecule has 0 aromatic heterocycles. The molecule has 2 aliphatic rings. The third-order valence-corrected chi connectivity index (χ3v) is 5.24. The number of rotatable bonds is 3. The second-order valence-electron chi connectivity index (χ2n) is 7.69. The summed E-state index contributed by atoms with van der Waals surface area (Å²) in [7, 11) is 4.30. The zero-order valence-electron chi connectivity index (χ0n) is 15.0. The molecule has 2 unspecified atom stereocenters. The van der Waals surface area contributed by atoms with Gasteiger partial charge in [-0.2, -0.15) is 0 Å². The van der Waals surface area contributed by atoms with Gasteiger partial charge in [0, 0.05) is 6.42 Å². The van der Waals surface area contributed by atoms with Gasteiger partial charge in [0.25, 0.3) is 0 Å². The van der Waals surface area contributed by atoms with Gasteiger partial charge in [0.1, 0.15) is 18.2 Å². The maximum atomic E-state index is 11.2. The summed E-state index contributed by atoms with van der Waals surface area (Å²) < 4.78 is 0.987. The van der Waals surface area contributed by atoms with Crippen LogP contribution < -0.4 is 22.1 Å². The molecule has 1 saturated carbocycles. The third kappa shape index (κ3) is 5.51. The van der Waals surface area contributed by atoms with Crippen LogP contribution in [0.2, 0.25) is 0 Å². The Bertz CT molecular complexity index is 546. The van der Waals surface area contributed by atoms with Crippen LogP contribution in [0.3, 0.4) is 0 Å². The summed E-state index contributed by atoms with van der Waals surface area (Å²) >= 11 is 0. The number of quaternary nitrogens is 1. The highest BCUT2D eigenvalue weighted by molar-refractivity contribution is 5.77. The number of hydrogen-bond acceptors (Lipinski definition) is 4. The molecule has 0 spiro atoms. The van der Waals surface area contributed by atoms with Crippen molar-refractivity contribution in [3.8, 4) is 0 Å². The first-order valence-corrected chi connectivity index (χ1v) is 8.75. The van der Waals surface area contributed by atoms with Crippen molar-refractivity contribution >= 4 is 5.97 Å². The average Bonchev–Trinajstić information content (AvgIpc) is 3.17. The number of aliphatic hydroxyl groups excluding tert-OH is 1. The number of aliphatic carboxylic acids is 1. The molecule has 0 bridgehead atoms. The van der Waals surface area contributed by atoms with Crippen molar-refractivity contribution in [1.29, 1.82) is 0 Å². The Balaban J connectivity index is 0.000000295. The minimum atomic E-state index is -1.82. The van der Waals surface area contributed by atoms with Crippen LogP contribution in [-0.2, 0) is 10.4 Å². The maximum absolute atomic E-state index is 11.2. The fraction of sp³-hybridized carbons (Fsp3) is 0.632. The molecule has 25 heavy (non-hydrogen) atoms. The molecule has 1 aliphatic heterocycles. The van der Waals surface area contributed by atoms with Crippen LogP contribution in [0, 0.1) is 5.92 Å². The Hall–Kier alpha value is -0.950. The van der Waals surface area contributed by atoms with Crippen molar-refractivity contribution in [2.24, 2.45) is 5.92 Å². The van der Waals surface area contributed by atoms with E-state index in [0.717, 1.165) is 49.7 Å². The molecule has 2 atom stereocenters. The van der Waals surface area contributed by atoms with Crippen molar-refractivity contribution in [3.63, 3.8) is 0 Å². The Morgan fingerprint density at radius 1 is 1.16 bits per heavy atom. The lowest BCUT2D eigenvalue weighted by Gasteiger charge is -2.35. The molecular weight excluding hydrogens is 386 g/mol. The number of likely N-dealkylation sites (N-methyl/N-ethyl adjacent to an activating group) is 1. The molecule has 6 heteroatoms. The van der Waals surface area contributed by atoms with E-state index >= 15 is 0 Å². The van der Waals surface area contributed by atoms with Crippen molar-refractivity contribution in [1.82, 2.24) is 0 Å². The van der Waals surface area contributed by atoms with E-state index in [0.29, 0.717) is 5.56 Å². The van der Waals surface area contributed by atoms with Gasteiger partial charge >= 0.3 is 0 Å². The smallest absolute Gasteiger partial charge is 0.132 e. The van der Waals surface area contributed by atoms with Crippen LogP contribution >= 0.6 is 0 Å². The fourth-order valence-corrected chi connectivity index (χ4v) is 3.81. The summed E-state index contributed by atoms with van der Waals surface area (Å²) in [5.74, 6) is -1.61. The molecule has 1 heterocycles. The van der Waals surface area contributed by atoms with E-state index in [2.05, 4.69) is 14.1 Å². The molecule has 2 N–H and O–H groups in total. The number of carboxylic acids is 1. The van der Waals surface area contributed by atoms with Crippen molar-refractivity contribution in [2.45, 2.75) is 43.8 Å². The first-order chi connectivity index (χ1) is 11.3. The summed E-state index contributed by atoms with van der Waals surface area (Å²) in [6.45, 7) is 2.06. The van der Waals surface area contributed by atoms with Crippen LogP contribution in [0.4, 0.5) is 0 Å². The lowest BCUT2D eigenvalue weighted by Crippen LogP contribution is -3.00.